The second kappa shape index (κ2) is 3.83. The van der Waals surface area contributed by atoms with Gasteiger partial charge in [0, 0.05) is 5.92 Å². The van der Waals surface area contributed by atoms with Gasteiger partial charge in [-0.25, -0.2) is 0 Å². The molecule has 0 aliphatic heterocycles. The SMILES string of the molecule is NCc1nnc2ccc(C3CCCC3)nn12. The van der Waals surface area contributed by atoms with Gasteiger partial charge in [0.1, 0.15) is 0 Å². The van der Waals surface area contributed by atoms with Crippen LogP contribution in [-0.4, -0.2) is 19.8 Å². The van der Waals surface area contributed by atoms with Crippen molar-refractivity contribution in [2.45, 2.75) is 38.1 Å². The number of fused-ring (bicyclic) bond motifs is 1. The van der Waals surface area contributed by atoms with Crippen LogP contribution in [0, 0.1) is 0 Å². The van der Waals surface area contributed by atoms with Crippen molar-refractivity contribution < 1.29 is 0 Å². The number of hydrogen-bond donors (Lipinski definition) is 1. The van der Waals surface area contributed by atoms with E-state index in [1.165, 1.54) is 25.7 Å². The van der Waals surface area contributed by atoms with Gasteiger partial charge in [0.25, 0.3) is 0 Å². The summed E-state index contributed by atoms with van der Waals surface area (Å²) in [7, 11) is 0. The zero-order valence-electron chi connectivity index (χ0n) is 9.13. The van der Waals surface area contributed by atoms with Gasteiger partial charge in [-0.3, -0.25) is 0 Å². The maximum atomic E-state index is 5.60. The summed E-state index contributed by atoms with van der Waals surface area (Å²) in [5, 5.41) is 12.6. The molecule has 0 saturated heterocycles. The summed E-state index contributed by atoms with van der Waals surface area (Å²) in [5.74, 6) is 1.34. The molecule has 1 saturated carbocycles. The molecule has 0 aromatic carbocycles. The number of aromatic nitrogens is 4. The van der Waals surface area contributed by atoms with Crippen LogP contribution >= 0.6 is 0 Å². The van der Waals surface area contributed by atoms with E-state index in [0.717, 1.165) is 17.2 Å². The zero-order valence-corrected chi connectivity index (χ0v) is 9.13. The fourth-order valence-corrected chi connectivity index (χ4v) is 2.41. The summed E-state index contributed by atoms with van der Waals surface area (Å²) < 4.78 is 1.77. The Morgan fingerprint density at radius 1 is 1.25 bits per heavy atom. The predicted molar refractivity (Wildman–Crippen MR) is 59.9 cm³/mol. The number of nitrogens with zero attached hydrogens (tertiary/aromatic N) is 4. The second-order valence-electron chi connectivity index (χ2n) is 4.33. The van der Waals surface area contributed by atoms with Gasteiger partial charge in [-0.2, -0.15) is 9.61 Å². The smallest absolute Gasteiger partial charge is 0.177 e. The summed E-state index contributed by atoms with van der Waals surface area (Å²) >= 11 is 0. The van der Waals surface area contributed by atoms with Crippen molar-refractivity contribution in [2.75, 3.05) is 0 Å². The minimum Gasteiger partial charge on any atom is -0.324 e. The van der Waals surface area contributed by atoms with Crippen LogP contribution in [0.25, 0.3) is 5.65 Å². The largest absolute Gasteiger partial charge is 0.324 e. The quantitative estimate of drug-likeness (QED) is 0.821. The molecule has 3 rings (SSSR count). The van der Waals surface area contributed by atoms with Gasteiger partial charge in [-0.15, -0.1) is 10.2 Å². The monoisotopic (exact) mass is 217 g/mol. The van der Waals surface area contributed by atoms with Crippen LogP contribution in [0.15, 0.2) is 12.1 Å². The van der Waals surface area contributed by atoms with Crippen molar-refractivity contribution in [1.82, 2.24) is 19.8 Å². The average molecular weight is 217 g/mol. The molecule has 1 aliphatic rings. The number of nitrogens with two attached hydrogens (primary N) is 1. The Morgan fingerprint density at radius 3 is 2.81 bits per heavy atom. The van der Waals surface area contributed by atoms with Crippen molar-refractivity contribution in [3.05, 3.63) is 23.7 Å². The predicted octanol–water partition coefficient (Wildman–Crippen LogP) is 1.24. The molecule has 2 aromatic heterocycles. The zero-order chi connectivity index (χ0) is 11.0. The fourth-order valence-electron chi connectivity index (χ4n) is 2.41. The van der Waals surface area contributed by atoms with Crippen LogP contribution in [0.1, 0.15) is 43.1 Å². The van der Waals surface area contributed by atoms with Crippen molar-refractivity contribution in [1.29, 1.82) is 0 Å². The minimum atomic E-state index is 0.377. The molecule has 1 aliphatic carbocycles. The summed E-state index contributed by atoms with van der Waals surface area (Å²) in [5.41, 5.74) is 7.53. The van der Waals surface area contributed by atoms with Crippen molar-refractivity contribution in [3.63, 3.8) is 0 Å². The third-order valence-electron chi connectivity index (χ3n) is 3.30. The molecule has 84 valence electrons. The van der Waals surface area contributed by atoms with E-state index in [-0.39, 0.29) is 0 Å². The number of hydrogen-bond acceptors (Lipinski definition) is 4. The van der Waals surface area contributed by atoms with Crippen LogP contribution in [-0.2, 0) is 6.54 Å². The molecule has 0 spiro atoms. The van der Waals surface area contributed by atoms with E-state index in [4.69, 9.17) is 5.73 Å². The fraction of sp³-hybridized carbons (Fsp3) is 0.545. The molecule has 0 unspecified atom stereocenters. The van der Waals surface area contributed by atoms with E-state index in [9.17, 15) is 0 Å². The number of rotatable bonds is 2. The highest BCUT2D eigenvalue weighted by molar-refractivity contribution is 5.36. The maximum absolute atomic E-state index is 5.60. The third-order valence-corrected chi connectivity index (χ3v) is 3.30. The van der Waals surface area contributed by atoms with Gasteiger partial charge >= 0.3 is 0 Å². The van der Waals surface area contributed by atoms with Crippen molar-refractivity contribution in [3.8, 4) is 0 Å². The van der Waals surface area contributed by atoms with E-state index in [2.05, 4.69) is 21.4 Å². The van der Waals surface area contributed by atoms with Crippen LogP contribution in [0.2, 0.25) is 0 Å². The molecular formula is C11H15N5. The van der Waals surface area contributed by atoms with Gasteiger partial charge < -0.3 is 5.73 Å². The molecule has 0 amide bonds. The van der Waals surface area contributed by atoms with Crippen LogP contribution in [0.4, 0.5) is 0 Å². The first-order valence-electron chi connectivity index (χ1n) is 5.80. The lowest BCUT2D eigenvalue weighted by Crippen LogP contribution is -2.07. The third kappa shape index (κ3) is 1.48. The molecule has 5 heteroatoms. The molecule has 5 nitrogen and oxygen atoms in total. The average Bonchev–Trinajstić information content (AvgIpc) is 2.97. The van der Waals surface area contributed by atoms with E-state index < -0.39 is 0 Å². The molecule has 1 fully saturated rings. The molecule has 2 N–H and O–H groups in total. The second-order valence-corrected chi connectivity index (χ2v) is 4.33. The van der Waals surface area contributed by atoms with E-state index >= 15 is 0 Å². The topological polar surface area (TPSA) is 69.1 Å². The molecule has 16 heavy (non-hydrogen) atoms. The van der Waals surface area contributed by atoms with Gasteiger partial charge in [0.15, 0.2) is 11.5 Å². The summed E-state index contributed by atoms with van der Waals surface area (Å²) in [4.78, 5) is 0. The molecule has 2 heterocycles. The Kier molecular flexibility index (Phi) is 2.32. The molecular weight excluding hydrogens is 202 g/mol. The van der Waals surface area contributed by atoms with Crippen molar-refractivity contribution in [2.24, 2.45) is 5.73 Å². The van der Waals surface area contributed by atoms with Crippen molar-refractivity contribution >= 4 is 5.65 Å². The van der Waals surface area contributed by atoms with E-state index in [0.29, 0.717) is 12.5 Å². The summed E-state index contributed by atoms with van der Waals surface area (Å²) in [6.07, 6.45) is 5.13. The first kappa shape index (κ1) is 9.72. The lowest BCUT2D eigenvalue weighted by atomic mass is 10.0. The minimum absolute atomic E-state index is 0.377. The highest BCUT2D eigenvalue weighted by atomic mass is 15.4. The van der Waals surface area contributed by atoms with Crippen LogP contribution in [0.3, 0.4) is 0 Å². The van der Waals surface area contributed by atoms with Gasteiger partial charge in [-0.05, 0) is 25.0 Å². The molecule has 0 radical (unpaired) electrons. The molecule has 0 bridgehead atoms. The normalized spacial score (nSPS) is 17.3. The van der Waals surface area contributed by atoms with Crippen LogP contribution < -0.4 is 5.73 Å². The Labute approximate surface area is 93.7 Å². The Hall–Kier alpha value is -1.49. The lowest BCUT2D eigenvalue weighted by Gasteiger charge is -2.08. The van der Waals surface area contributed by atoms with Gasteiger partial charge in [-0.1, -0.05) is 12.8 Å². The standard InChI is InChI=1S/C11H15N5/c12-7-11-14-13-10-6-5-9(15-16(10)11)8-3-1-2-4-8/h5-6,8H,1-4,7,12H2. The summed E-state index contributed by atoms with van der Waals surface area (Å²) in [6, 6.07) is 4.05. The first-order valence-corrected chi connectivity index (χ1v) is 5.80. The van der Waals surface area contributed by atoms with Crippen LogP contribution in [0.5, 0.6) is 0 Å². The highest BCUT2D eigenvalue weighted by Crippen LogP contribution is 2.32. The van der Waals surface area contributed by atoms with Gasteiger partial charge in [0.2, 0.25) is 0 Å². The Morgan fingerprint density at radius 2 is 2.06 bits per heavy atom. The Balaban J connectivity index is 2.06. The Bertz CT molecular complexity index is 498. The van der Waals surface area contributed by atoms with E-state index in [1.807, 2.05) is 6.07 Å². The lowest BCUT2D eigenvalue weighted by molar-refractivity contribution is 0.662. The maximum Gasteiger partial charge on any atom is 0.177 e. The molecule has 2 aromatic rings. The first-order chi connectivity index (χ1) is 7.88. The van der Waals surface area contributed by atoms with E-state index in [1.54, 1.807) is 4.52 Å². The summed E-state index contributed by atoms with van der Waals surface area (Å²) in [6.45, 7) is 0.377. The van der Waals surface area contributed by atoms with Gasteiger partial charge in [0.05, 0.1) is 12.2 Å². The molecule has 0 atom stereocenters. The highest BCUT2D eigenvalue weighted by Gasteiger charge is 2.19.